The van der Waals surface area contributed by atoms with E-state index in [1.807, 2.05) is 32.0 Å². The molecule has 158 valence electrons. The molecular formula is C24H23N3O4. The molecule has 1 amide bonds. The van der Waals surface area contributed by atoms with E-state index in [-0.39, 0.29) is 35.2 Å². The van der Waals surface area contributed by atoms with E-state index in [2.05, 4.69) is 5.32 Å². The van der Waals surface area contributed by atoms with E-state index >= 15 is 0 Å². The van der Waals surface area contributed by atoms with Gasteiger partial charge in [0.25, 0.3) is 5.69 Å². The van der Waals surface area contributed by atoms with Crippen LogP contribution in [0.4, 0.5) is 17.1 Å². The Morgan fingerprint density at radius 3 is 2.35 bits per heavy atom. The summed E-state index contributed by atoms with van der Waals surface area (Å²) in [4.78, 5) is 37.8. The first-order valence-corrected chi connectivity index (χ1v) is 9.72. The maximum absolute atomic E-state index is 12.6. The van der Waals surface area contributed by atoms with Crippen LogP contribution in [0.15, 0.2) is 66.7 Å². The van der Waals surface area contributed by atoms with E-state index in [1.165, 1.54) is 23.1 Å². The Hall–Kier alpha value is -4.00. The first kappa shape index (κ1) is 21.7. The van der Waals surface area contributed by atoms with Crippen molar-refractivity contribution in [2.24, 2.45) is 0 Å². The molecule has 0 saturated carbocycles. The Morgan fingerprint density at radius 2 is 1.68 bits per heavy atom. The topological polar surface area (TPSA) is 92.6 Å². The van der Waals surface area contributed by atoms with E-state index in [0.29, 0.717) is 11.3 Å². The van der Waals surface area contributed by atoms with Crippen molar-refractivity contribution < 1.29 is 14.5 Å². The number of carbonyl (C=O) groups is 2. The summed E-state index contributed by atoms with van der Waals surface area (Å²) in [6.07, 6.45) is 0. The SMILES string of the molecule is Cc1ccc(C)c(NC(=O)CN(C)c2ccc(C(=O)c3ccccc3)cc2[N+](=O)[O-])c1. The summed E-state index contributed by atoms with van der Waals surface area (Å²) < 4.78 is 0. The molecule has 0 radical (unpaired) electrons. The van der Waals surface area contributed by atoms with Gasteiger partial charge in [-0.15, -0.1) is 0 Å². The van der Waals surface area contributed by atoms with E-state index < -0.39 is 4.92 Å². The van der Waals surface area contributed by atoms with Crippen molar-refractivity contribution >= 4 is 28.8 Å². The number of aryl methyl sites for hydroxylation is 2. The van der Waals surface area contributed by atoms with Gasteiger partial charge in [0.1, 0.15) is 5.69 Å². The molecule has 0 heterocycles. The van der Waals surface area contributed by atoms with Gasteiger partial charge < -0.3 is 10.2 Å². The van der Waals surface area contributed by atoms with E-state index in [1.54, 1.807) is 37.4 Å². The highest BCUT2D eigenvalue weighted by atomic mass is 16.6. The third-order valence-corrected chi connectivity index (χ3v) is 4.93. The molecule has 7 nitrogen and oxygen atoms in total. The molecule has 3 aromatic rings. The van der Waals surface area contributed by atoms with Crippen LogP contribution < -0.4 is 10.2 Å². The van der Waals surface area contributed by atoms with E-state index in [0.717, 1.165) is 11.1 Å². The minimum Gasteiger partial charge on any atom is -0.360 e. The molecule has 0 aliphatic rings. The average molecular weight is 417 g/mol. The first-order chi connectivity index (χ1) is 14.8. The van der Waals surface area contributed by atoms with Gasteiger partial charge in [0.2, 0.25) is 5.91 Å². The Bertz CT molecular complexity index is 1140. The zero-order valence-electron chi connectivity index (χ0n) is 17.6. The molecule has 0 aromatic heterocycles. The number of likely N-dealkylation sites (N-methyl/N-ethyl adjacent to an activating group) is 1. The molecule has 0 atom stereocenters. The Labute approximate surface area is 180 Å². The van der Waals surface area contributed by atoms with Crippen molar-refractivity contribution in [2.75, 3.05) is 23.8 Å². The number of nitro benzene ring substituents is 1. The lowest BCUT2D eigenvalue weighted by atomic mass is 10.0. The number of hydrogen-bond acceptors (Lipinski definition) is 5. The van der Waals surface area contributed by atoms with Gasteiger partial charge in [0, 0.05) is 29.9 Å². The van der Waals surface area contributed by atoms with Gasteiger partial charge in [0.15, 0.2) is 5.78 Å². The highest BCUT2D eigenvalue weighted by Gasteiger charge is 2.22. The monoisotopic (exact) mass is 417 g/mol. The number of carbonyl (C=O) groups excluding carboxylic acids is 2. The number of ketones is 1. The van der Waals surface area contributed by atoms with Gasteiger partial charge >= 0.3 is 0 Å². The number of rotatable bonds is 7. The highest BCUT2D eigenvalue weighted by molar-refractivity contribution is 6.09. The predicted octanol–water partition coefficient (Wildman–Crippen LogP) is 4.52. The number of benzene rings is 3. The van der Waals surface area contributed by atoms with Crippen LogP contribution in [0.1, 0.15) is 27.0 Å². The summed E-state index contributed by atoms with van der Waals surface area (Å²) in [5.74, 6) is -0.597. The molecule has 0 spiro atoms. The predicted molar refractivity (Wildman–Crippen MR) is 121 cm³/mol. The van der Waals surface area contributed by atoms with E-state index in [4.69, 9.17) is 0 Å². The fraction of sp³-hybridized carbons (Fsp3) is 0.167. The summed E-state index contributed by atoms with van der Waals surface area (Å²) in [5.41, 5.74) is 3.34. The van der Waals surface area contributed by atoms with Crippen molar-refractivity contribution in [1.82, 2.24) is 0 Å². The highest BCUT2D eigenvalue weighted by Crippen LogP contribution is 2.29. The minimum atomic E-state index is -0.545. The van der Waals surface area contributed by atoms with Crippen LogP contribution in [-0.4, -0.2) is 30.2 Å². The smallest absolute Gasteiger partial charge is 0.293 e. The van der Waals surface area contributed by atoms with Gasteiger partial charge in [-0.25, -0.2) is 0 Å². The summed E-state index contributed by atoms with van der Waals surface area (Å²) in [5, 5.41) is 14.5. The molecule has 1 N–H and O–H groups in total. The maximum Gasteiger partial charge on any atom is 0.293 e. The second-order valence-electron chi connectivity index (χ2n) is 7.38. The molecule has 3 rings (SSSR count). The number of nitrogens with zero attached hydrogens (tertiary/aromatic N) is 2. The Balaban J connectivity index is 1.81. The molecule has 31 heavy (non-hydrogen) atoms. The van der Waals surface area contributed by atoms with Gasteiger partial charge in [-0.1, -0.05) is 42.5 Å². The zero-order chi connectivity index (χ0) is 22.5. The van der Waals surface area contributed by atoms with Crippen LogP contribution in [0.3, 0.4) is 0 Å². The van der Waals surface area contributed by atoms with Gasteiger partial charge in [-0.3, -0.25) is 19.7 Å². The largest absolute Gasteiger partial charge is 0.360 e. The van der Waals surface area contributed by atoms with Crippen LogP contribution in [-0.2, 0) is 4.79 Å². The standard InChI is InChI=1S/C24H23N3O4/c1-16-9-10-17(2)20(13-16)25-23(28)15-26(3)21-12-11-19(14-22(21)27(30)31)24(29)18-7-5-4-6-8-18/h4-14H,15H2,1-3H3,(H,25,28). The molecule has 0 aliphatic carbocycles. The van der Waals surface area contributed by atoms with Crippen LogP contribution in [0, 0.1) is 24.0 Å². The zero-order valence-corrected chi connectivity index (χ0v) is 17.6. The molecule has 0 aliphatic heterocycles. The second-order valence-corrected chi connectivity index (χ2v) is 7.38. The first-order valence-electron chi connectivity index (χ1n) is 9.72. The van der Waals surface area contributed by atoms with Crippen LogP contribution in [0.5, 0.6) is 0 Å². The summed E-state index contributed by atoms with van der Waals surface area (Å²) in [7, 11) is 1.60. The molecule has 0 unspecified atom stereocenters. The maximum atomic E-state index is 12.6. The summed E-state index contributed by atoms with van der Waals surface area (Å²) in [6.45, 7) is 3.75. The van der Waals surface area contributed by atoms with E-state index in [9.17, 15) is 19.7 Å². The number of nitrogens with one attached hydrogen (secondary N) is 1. The second kappa shape index (κ2) is 9.21. The van der Waals surface area contributed by atoms with Gasteiger partial charge in [0.05, 0.1) is 11.5 Å². The number of nitro groups is 1. The normalized spacial score (nSPS) is 10.4. The third kappa shape index (κ3) is 5.14. The number of anilines is 2. The van der Waals surface area contributed by atoms with Gasteiger partial charge in [-0.2, -0.15) is 0 Å². The average Bonchev–Trinajstić information content (AvgIpc) is 2.75. The summed E-state index contributed by atoms with van der Waals surface area (Å²) in [6, 6.07) is 18.6. The Kier molecular flexibility index (Phi) is 6.45. The molecule has 0 saturated heterocycles. The number of hydrogen-bond donors (Lipinski definition) is 1. The lowest BCUT2D eigenvalue weighted by Crippen LogP contribution is -2.30. The lowest BCUT2D eigenvalue weighted by Gasteiger charge is -2.19. The fourth-order valence-corrected chi connectivity index (χ4v) is 3.25. The molecular weight excluding hydrogens is 394 g/mol. The lowest BCUT2D eigenvalue weighted by molar-refractivity contribution is -0.384. The van der Waals surface area contributed by atoms with Crippen molar-refractivity contribution in [3.05, 3.63) is 99.1 Å². The van der Waals surface area contributed by atoms with Crippen LogP contribution in [0.2, 0.25) is 0 Å². The summed E-state index contributed by atoms with van der Waals surface area (Å²) >= 11 is 0. The molecule has 0 bridgehead atoms. The van der Waals surface area contributed by atoms with Gasteiger partial charge in [-0.05, 0) is 43.2 Å². The number of amides is 1. The molecule has 3 aromatic carbocycles. The molecule has 7 heteroatoms. The minimum absolute atomic E-state index is 0.0831. The van der Waals surface area contributed by atoms with Crippen molar-refractivity contribution in [1.29, 1.82) is 0 Å². The van der Waals surface area contributed by atoms with Crippen molar-refractivity contribution in [3.8, 4) is 0 Å². The third-order valence-electron chi connectivity index (χ3n) is 4.93. The quantitative estimate of drug-likeness (QED) is 0.347. The van der Waals surface area contributed by atoms with Crippen molar-refractivity contribution in [3.63, 3.8) is 0 Å². The fourth-order valence-electron chi connectivity index (χ4n) is 3.25. The van der Waals surface area contributed by atoms with Crippen LogP contribution in [0.25, 0.3) is 0 Å². The van der Waals surface area contributed by atoms with Crippen molar-refractivity contribution in [2.45, 2.75) is 13.8 Å². The molecule has 0 fully saturated rings. The van der Waals surface area contributed by atoms with Crippen LogP contribution >= 0.6 is 0 Å². The Morgan fingerprint density at radius 1 is 0.968 bits per heavy atom.